The van der Waals surface area contributed by atoms with Gasteiger partial charge in [-0.2, -0.15) is 13.2 Å². The van der Waals surface area contributed by atoms with Gasteiger partial charge in [0.2, 0.25) is 0 Å². The Morgan fingerprint density at radius 1 is 1.11 bits per heavy atom. The summed E-state index contributed by atoms with van der Waals surface area (Å²) in [5.74, 6) is -1.85. The normalized spacial score (nSPS) is 15.1. The van der Waals surface area contributed by atoms with E-state index in [0.29, 0.717) is 18.4 Å². The highest BCUT2D eigenvalue weighted by Gasteiger charge is 2.35. The molecule has 1 aromatic rings. The van der Waals surface area contributed by atoms with Crippen molar-refractivity contribution in [2.24, 2.45) is 0 Å². The molecule has 1 aliphatic heterocycles. The largest absolute Gasteiger partial charge is 0.454 e. The molecule has 0 spiro atoms. The van der Waals surface area contributed by atoms with Gasteiger partial charge >= 0.3 is 6.18 Å². The van der Waals surface area contributed by atoms with Gasteiger partial charge in [-0.3, -0.25) is 4.79 Å². The predicted molar refractivity (Wildman–Crippen MR) is 63.3 cm³/mol. The van der Waals surface area contributed by atoms with Gasteiger partial charge in [-0.1, -0.05) is 36.4 Å². The number of benzene rings is 1. The van der Waals surface area contributed by atoms with Crippen LogP contribution in [0.2, 0.25) is 0 Å². The molecular weight excluding hydrogens is 261 g/mol. The monoisotopic (exact) mass is 274 g/mol. The summed E-state index contributed by atoms with van der Waals surface area (Å²) >= 11 is 0. The van der Waals surface area contributed by atoms with Gasteiger partial charge in [0.05, 0.1) is 13.2 Å². The van der Waals surface area contributed by atoms with Crippen LogP contribution in [-0.2, 0) is 14.3 Å². The molecule has 1 aromatic carbocycles. The highest BCUT2D eigenvalue weighted by Crippen LogP contribution is 2.17. The highest BCUT2D eigenvalue weighted by molar-refractivity contribution is 5.97. The number of carbonyl (C=O) groups excluding carboxylic acids is 1. The molecule has 0 aromatic heterocycles. The molecule has 19 heavy (non-hydrogen) atoms. The molecule has 0 radical (unpaired) electrons. The van der Waals surface area contributed by atoms with E-state index in [1.807, 2.05) is 0 Å². The molecule has 0 aliphatic carbocycles. The van der Waals surface area contributed by atoms with Gasteiger partial charge in [0, 0.05) is 0 Å². The minimum absolute atomic E-state index is 0.500. The van der Waals surface area contributed by atoms with Crippen LogP contribution in [0.5, 0.6) is 0 Å². The van der Waals surface area contributed by atoms with Gasteiger partial charge < -0.3 is 9.47 Å². The van der Waals surface area contributed by atoms with E-state index in [1.54, 1.807) is 30.3 Å². The van der Waals surface area contributed by atoms with Crippen LogP contribution in [0.4, 0.5) is 13.2 Å². The number of hydrogen-bond donors (Lipinski definition) is 0. The summed E-state index contributed by atoms with van der Waals surface area (Å²) < 4.78 is 44.7. The Balaban J connectivity index is 0.000000300. The van der Waals surface area contributed by atoms with Crippen molar-refractivity contribution in [1.29, 1.82) is 0 Å². The second kappa shape index (κ2) is 7.70. The third-order valence-corrected chi connectivity index (χ3v) is 2.04. The molecule has 0 saturated carbocycles. The summed E-state index contributed by atoms with van der Waals surface area (Å²) in [5, 5.41) is 0. The zero-order chi connectivity index (χ0) is 14.1. The van der Waals surface area contributed by atoms with Crippen molar-refractivity contribution in [3.05, 3.63) is 42.0 Å². The minimum atomic E-state index is -4.79. The van der Waals surface area contributed by atoms with Gasteiger partial charge in [-0.25, -0.2) is 0 Å². The van der Waals surface area contributed by atoms with Gasteiger partial charge in [0.15, 0.2) is 0 Å². The molecule has 6 heteroatoms. The van der Waals surface area contributed by atoms with Crippen LogP contribution in [0, 0.1) is 0 Å². The second-order valence-corrected chi connectivity index (χ2v) is 3.54. The van der Waals surface area contributed by atoms with Crippen LogP contribution in [0.1, 0.15) is 5.56 Å². The standard InChI is InChI=1S/C10H7F3O.C3H6O2/c11-10(12,13)9(14)7-6-8-4-2-1-3-5-8;1-2-5-3-4-1/h1-7H;1-3H2. The number of ether oxygens (including phenoxy) is 2. The average Bonchev–Trinajstić information content (AvgIpc) is 2.95. The Morgan fingerprint density at radius 2 is 1.68 bits per heavy atom. The van der Waals surface area contributed by atoms with E-state index in [1.165, 1.54) is 0 Å². The first kappa shape index (κ1) is 15.4. The maximum absolute atomic E-state index is 11.8. The first-order chi connectivity index (χ1) is 9.00. The van der Waals surface area contributed by atoms with E-state index in [2.05, 4.69) is 0 Å². The second-order valence-electron chi connectivity index (χ2n) is 3.54. The number of carbonyl (C=O) groups is 1. The quantitative estimate of drug-likeness (QED) is 0.778. The van der Waals surface area contributed by atoms with Crippen molar-refractivity contribution < 1.29 is 27.4 Å². The van der Waals surface area contributed by atoms with Gasteiger partial charge in [-0.15, -0.1) is 0 Å². The van der Waals surface area contributed by atoms with E-state index in [9.17, 15) is 18.0 Å². The lowest BCUT2D eigenvalue weighted by molar-refractivity contribution is -0.165. The van der Waals surface area contributed by atoms with E-state index < -0.39 is 12.0 Å². The molecule has 1 fully saturated rings. The molecule has 0 bridgehead atoms. The Kier molecular flexibility index (Phi) is 6.24. The first-order valence-corrected chi connectivity index (χ1v) is 5.50. The lowest BCUT2D eigenvalue weighted by Gasteiger charge is -1.98. The molecule has 0 N–H and O–H groups in total. The lowest BCUT2D eigenvalue weighted by atomic mass is 10.2. The topological polar surface area (TPSA) is 35.5 Å². The van der Waals surface area contributed by atoms with Crippen LogP contribution in [-0.4, -0.2) is 32.0 Å². The van der Waals surface area contributed by atoms with Crippen LogP contribution >= 0.6 is 0 Å². The Morgan fingerprint density at radius 3 is 2.11 bits per heavy atom. The summed E-state index contributed by atoms with van der Waals surface area (Å²) in [7, 11) is 0. The number of allylic oxidation sites excluding steroid dienone is 1. The van der Waals surface area contributed by atoms with Gasteiger partial charge in [0.1, 0.15) is 6.79 Å². The third kappa shape index (κ3) is 6.73. The first-order valence-electron chi connectivity index (χ1n) is 5.50. The van der Waals surface area contributed by atoms with Crippen molar-refractivity contribution in [3.8, 4) is 0 Å². The van der Waals surface area contributed by atoms with Crippen molar-refractivity contribution in [2.75, 3.05) is 20.0 Å². The number of halogens is 3. The fourth-order valence-corrected chi connectivity index (χ4v) is 1.13. The van der Waals surface area contributed by atoms with Gasteiger partial charge in [0.25, 0.3) is 5.78 Å². The predicted octanol–water partition coefficient (Wildman–Crippen LogP) is 2.82. The van der Waals surface area contributed by atoms with Crippen LogP contribution in [0.3, 0.4) is 0 Å². The zero-order valence-electron chi connectivity index (χ0n) is 10.0. The van der Waals surface area contributed by atoms with E-state index in [4.69, 9.17) is 9.47 Å². The average molecular weight is 274 g/mol. The molecule has 0 atom stereocenters. The molecule has 104 valence electrons. The maximum Gasteiger partial charge on any atom is 0.454 e. The van der Waals surface area contributed by atoms with Crippen molar-refractivity contribution in [2.45, 2.75) is 6.18 Å². The summed E-state index contributed by atoms with van der Waals surface area (Å²) in [6, 6.07) is 8.32. The number of alkyl halides is 3. The Labute approximate surface area is 108 Å². The molecule has 3 nitrogen and oxygen atoms in total. The number of hydrogen-bond acceptors (Lipinski definition) is 3. The van der Waals surface area contributed by atoms with E-state index in [-0.39, 0.29) is 0 Å². The Bertz CT molecular complexity index is 401. The summed E-state index contributed by atoms with van der Waals surface area (Å²) in [5.41, 5.74) is 0.560. The van der Waals surface area contributed by atoms with E-state index in [0.717, 1.165) is 19.3 Å². The molecule has 2 rings (SSSR count). The molecule has 1 heterocycles. The summed E-state index contributed by atoms with van der Waals surface area (Å²) in [6.45, 7) is 2.06. The number of ketones is 1. The molecule has 1 saturated heterocycles. The molecule has 0 amide bonds. The van der Waals surface area contributed by atoms with Crippen LogP contribution in [0.15, 0.2) is 36.4 Å². The fraction of sp³-hybridized carbons (Fsp3) is 0.308. The SMILES string of the molecule is C1COCO1.O=C(C=Cc1ccccc1)C(F)(F)F. The van der Waals surface area contributed by atoms with Crippen LogP contribution < -0.4 is 0 Å². The zero-order valence-corrected chi connectivity index (χ0v) is 10.0. The molecular formula is C13H13F3O3. The van der Waals surface area contributed by atoms with Crippen molar-refractivity contribution >= 4 is 11.9 Å². The maximum atomic E-state index is 11.8. The summed E-state index contributed by atoms with van der Waals surface area (Å²) in [4.78, 5) is 10.4. The Hall–Kier alpha value is -1.66. The molecule has 0 unspecified atom stereocenters. The fourth-order valence-electron chi connectivity index (χ4n) is 1.13. The van der Waals surface area contributed by atoms with Gasteiger partial charge in [-0.05, 0) is 11.6 Å². The third-order valence-electron chi connectivity index (χ3n) is 2.04. The highest BCUT2D eigenvalue weighted by atomic mass is 19.4. The van der Waals surface area contributed by atoms with Crippen molar-refractivity contribution in [3.63, 3.8) is 0 Å². The van der Waals surface area contributed by atoms with Crippen LogP contribution in [0.25, 0.3) is 6.08 Å². The lowest BCUT2D eigenvalue weighted by Crippen LogP contribution is -2.19. The number of rotatable bonds is 2. The smallest absolute Gasteiger partial charge is 0.353 e. The van der Waals surface area contributed by atoms with Crippen molar-refractivity contribution in [1.82, 2.24) is 0 Å². The van der Waals surface area contributed by atoms with E-state index >= 15 is 0 Å². The minimum Gasteiger partial charge on any atom is -0.353 e. The summed E-state index contributed by atoms with van der Waals surface area (Å²) in [6.07, 6.45) is -3.13. The molecule has 1 aliphatic rings.